The monoisotopic (exact) mass is 330 g/mol. The fourth-order valence-corrected chi connectivity index (χ4v) is 2.51. The number of carbonyl (C=O) groups is 1. The third-order valence-corrected chi connectivity index (χ3v) is 3.33. The Morgan fingerprint density at radius 3 is 2.36 bits per heavy atom. The molecule has 0 aliphatic heterocycles. The average Bonchev–Trinajstić information content (AvgIpc) is 2.35. The summed E-state index contributed by atoms with van der Waals surface area (Å²) < 4.78 is 4.82. The highest BCUT2D eigenvalue weighted by Gasteiger charge is 2.39. The molecule has 0 aliphatic rings. The quantitative estimate of drug-likeness (QED) is 0.361. The predicted molar refractivity (Wildman–Crippen MR) is 82.1 cm³/mol. The van der Waals surface area contributed by atoms with Crippen LogP contribution >= 0.6 is 11.6 Å². The Labute approximate surface area is 133 Å². The lowest BCUT2D eigenvalue weighted by atomic mass is 9.85. The van der Waals surface area contributed by atoms with Gasteiger partial charge >= 0.3 is 11.7 Å². The molecule has 122 valence electrons. The third kappa shape index (κ3) is 3.62. The molecule has 1 aromatic rings. The lowest BCUT2D eigenvalue weighted by molar-refractivity contribution is -0.385. The lowest BCUT2D eigenvalue weighted by Crippen LogP contribution is -2.49. The van der Waals surface area contributed by atoms with Crippen LogP contribution in [0.3, 0.4) is 0 Å². The van der Waals surface area contributed by atoms with Crippen LogP contribution in [0.2, 0.25) is 5.28 Å². The topological polar surface area (TPSA) is 98.5 Å². The van der Waals surface area contributed by atoms with Gasteiger partial charge in [-0.25, -0.2) is 9.78 Å². The summed E-state index contributed by atoms with van der Waals surface area (Å²) in [6.45, 7) is 6.94. The molecule has 1 unspecified atom stereocenters. The normalized spacial score (nSPS) is 12.7. The van der Waals surface area contributed by atoms with Gasteiger partial charge in [0.2, 0.25) is 11.1 Å². The van der Waals surface area contributed by atoms with Gasteiger partial charge in [-0.2, -0.15) is 4.98 Å². The van der Waals surface area contributed by atoms with Crippen LogP contribution < -0.4 is 4.90 Å². The van der Waals surface area contributed by atoms with Crippen LogP contribution in [0.4, 0.5) is 11.5 Å². The molecule has 0 aromatic carbocycles. The first kappa shape index (κ1) is 18.1. The van der Waals surface area contributed by atoms with Gasteiger partial charge in [0.1, 0.15) is 11.7 Å². The van der Waals surface area contributed by atoms with Crippen molar-refractivity contribution in [3.63, 3.8) is 0 Å². The van der Waals surface area contributed by atoms with Crippen LogP contribution in [-0.4, -0.2) is 41.1 Å². The molecule has 0 saturated heterocycles. The molecule has 0 saturated carbocycles. The number of nitrogens with zero attached hydrogens (tertiary/aromatic N) is 4. The maximum atomic E-state index is 12.1. The predicted octanol–water partition coefficient (Wildman–Crippen LogP) is 2.37. The van der Waals surface area contributed by atoms with Gasteiger partial charge in [-0.3, -0.25) is 10.1 Å². The molecule has 1 atom stereocenters. The molecule has 0 aliphatic carbocycles. The van der Waals surface area contributed by atoms with Crippen LogP contribution in [-0.2, 0) is 9.53 Å². The molecule has 8 nitrogen and oxygen atoms in total. The minimum absolute atomic E-state index is 0.0205. The van der Waals surface area contributed by atoms with E-state index >= 15 is 0 Å². The Morgan fingerprint density at radius 1 is 1.41 bits per heavy atom. The van der Waals surface area contributed by atoms with E-state index in [0.29, 0.717) is 0 Å². The minimum Gasteiger partial charge on any atom is -0.467 e. The Morgan fingerprint density at radius 2 is 1.95 bits per heavy atom. The number of nitro groups is 1. The van der Waals surface area contributed by atoms with Crippen molar-refractivity contribution in [1.29, 1.82) is 0 Å². The zero-order chi connectivity index (χ0) is 17.2. The minimum atomic E-state index is -0.776. The van der Waals surface area contributed by atoms with E-state index < -0.39 is 22.3 Å². The van der Waals surface area contributed by atoms with E-state index in [0.717, 1.165) is 0 Å². The average molecular weight is 331 g/mol. The second-order valence-electron chi connectivity index (χ2n) is 5.91. The lowest BCUT2D eigenvalue weighted by Gasteiger charge is -2.36. The largest absolute Gasteiger partial charge is 0.467 e. The van der Waals surface area contributed by atoms with Crippen molar-refractivity contribution in [2.45, 2.75) is 33.7 Å². The number of likely N-dealkylation sites (N-methyl/N-ethyl adjacent to an activating group) is 1. The molecule has 0 fully saturated rings. The molecule has 22 heavy (non-hydrogen) atoms. The third-order valence-electron chi connectivity index (χ3n) is 3.16. The van der Waals surface area contributed by atoms with Crippen molar-refractivity contribution in [3.05, 3.63) is 21.1 Å². The highest BCUT2D eigenvalue weighted by molar-refractivity contribution is 6.28. The van der Waals surface area contributed by atoms with Crippen molar-refractivity contribution >= 4 is 29.1 Å². The fraction of sp³-hybridized carbons (Fsp3) is 0.615. The van der Waals surface area contributed by atoms with Gasteiger partial charge in [0.05, 0.1) is 12.0 Å². The molecular formula is C13H19ClN4O4. The molecule has 0 amide bonds. The Hall–Kier alpha value is -1.96. The van der Waals surface area contributed by atoms with Crippen LogP contribution in [0.15, 0.2) is 0 Å². The van der Waals surface area contributed by atoms with Crippen molar-refractivity contribution in [3.8, 4) is 0 Å². The molecule has 1 rings (SSSR count). The molecule has 9 heteroatoms. The Kier molecular flexibility index (Phi) is 5.29. The van der Waals surface area contributed by atoms with Crippen LogP contribution in [0, 0.1) is 22.5 Å². The summed E-state index contributed by atoms with van der Waals surface area (Å²) in [6, 6.07) is -0.776. The zero-order valence-electron chi connectivity index (χ0n) is 13.4. The van der Waals surface area contributed by atoms with Gasteiger partial charge in [-0.05, 0) is 23.9 Å². The number of carbonyl (C=O) groups excluding carboxylic acids is 1. The van der Waals surface area contributed by atoms with Crippen LogP contribution in [0.25, 0.3) is 0 Å². The van der Waals surface area contributed by atoms with Crippen molar-refractivity contribution in [2.24, 2.45) is 5.41 Å². The number of ether oxygens (including phenoxy) is 1. The summed E-state index contributed by atoms with van der Waals surface area (Å²) >= 11 is 5.82. The van der Waals surface area contributed by atoms with Gasteiger partial charge < -0.3 is 9.64 Å². The van der Waals surface area contributed by atoms with E-state index in [-0.39, 0.29) is 22.5 Å². The second-order valence-corrected chi connectivity index (χ2v) is 6.25. The Bertz CT molecular complexity index is 600. The summed E-state index contributed by atoms with van der Waals surface area (Å²) in [5.74, 6) is -0.537. The van der Waals surface area contributed by atoms with Crippen molar-refractivity contribution in [2.75, 3.05) is 19.1 Å². The smallest absolute Gasteiger partial charge is 0.332 e. The number of esters is 1. The maximum absolute atomic E-state index is 12.1. The molecule has 0 radical (unpaired) electrons. The summed E-state index contributed by atoms with van der Waals surface area (Å²) in [7, 11) is 2.81. The number of methoxy groups -OCH3 is 1. The maximum Gasteiger partial charge on any atom is 0.332 e. The van der Waals surface area contributed by atoms with Gasteiger partial charge in [-0.15, -0.1) is 0 Å². The highest BCUT2D eigenvalue weighted by Crippen LogP contribution is 2.34. The second kappa shape index (κ2) is 6.43. The van der Waals surface area contributed by atoms with Crippen LogP contribution in [0.1, 0.15) is 26.5 Å². The fourth-order valence-electron chi connectivity index (χ4n) is 2.30. The Balaban J connectivity index is 3.51. The molecule has 1 aromatic heterocycles. The molecule has 0 N–H and O–H groups in total. The number of rotatable bonds is 4. The summed E-state index contributed by atoms with van der Waals surface area (Å²) in [6.07, 6.45) is 0. The van der Waals surface area contributed by atoms with Crippen molar-refractivity contribution < 1.29 is 14.5 Å². The van der Waals surface area contributed by atoms with Crippen molar-refractivity contribution in [1.82, 2.24) is 9.97 Å². The highest BCUT2D eigenvalue weighted by atomic mass is 35.5. The van der Waals surface area contributed by atoms with E-state index in [1.54, 1.807) is 0 Å². The summed E-state index contributed by atoms with van der Waals surface area (Å²) in [4.78, 5) is 32.0. The number of halogens is 1. The summed E-state index contributed by atoms with van der Waals surface area (Å²) in [5.41, 5.74) is -0.699. The number of aromatic nitrogens is 2. The SMILES string of the molecule is COC(=O)C(N(C)c1nc(Cl)nc(C)c1[N+](=O)[O-])C(C)(C)C. The van der Waals surface area contributed by atoms with Gasteiger partial charge in [0.15, 0.2) is 0 Å². The van der Waals surface area contributed by atoms with Gasteiger partial charge in [0, 0.05) is 7.05 Å². The molecule has 0 bridgehead atoms. The first-order valence-corrected chi connectivity index (χ1v) is 6.87. The number of aryl methyl sites for hydroxylation is 1. The summed E-state index contributed by atoms with van der Waals surface area (Å²) in [5, 5.41) is 11.2. The zero-order valence-corrected chi connectivity index (χ0v) is 14.1. The van der Waals surface area contributed by atoms with E-state index in [1.807, 2.05) is 20.8 Å². The number of hydrogen-bond acceptors (Lipinski definition) is 7. The standard InChI is InChI=1S/C13H19ClN4O4/c1-7-8(18(20)21)10(16-12(14)15-7)17(5)9(11(19)22-6)13(2,3)4/h9H,1-6H3. The van der Waals surface area contributed by atoms with E-state index in [2.05, 4.69) is 9.97 Å². The molecular weight excluding hydrogens is 312 g/mol. The first-order chi connectivity index (χ1) is 10.0. The molecule has 1 heterocycles. The number of anilines is 1. The first-order valence-electron chi connectivity index (χ1n) is 6.50. The van der Waals surface area contributed by atoms with E-state index in [1.165, 1.54) is 26.0 Å². The molecule has 0 spiro atoms. The number of hydrogen-bond donors (Lipinski definition) is 0. The van der Waals surface area contributed by atoms with E-state index in [4.69, 9.17) is 16.3 Å². The van der Waals surface area contributed by atoms with Gasteiger partial charge in [-0.1, -0.05) is 20.8 Å². The van der Waals surface area contributed by atoms with Crippen LogP contribution in [0.5, 0.6) is 0 Å². The van der Waals surface area contributed by atoms with E-state index in [9.17, 15) is 14.9 Å². The van der Waals surface area contributed by atoms with Gasteiger partial charge in [0.25, 0.3) is 0 Å².